The van der Waals surface area contributed by atoms with Crippen LogP contribution >= 0.6 is 0 Å². The summed E-state index contributed by atoms with van der Waals surface area (Å²) in [7, 11) is -2.78. The van der Waals surface area contributed by atoms with Gasteiger partial charge in [0.05, 0.1) is 17.7 Å². The zero-order valence-electron chi connectivity index (χ0n) is 24.9. The van der Waals surface area contributed by atoms with Crippen LogP contribution in [0.1, 0.15) is 23.6 Å². The molecule has 0 aliphatic carbocycles. The third-order valence-corrected chi connectivity index (χ3v) is 8.96. The van der Waals surface area contributed by atoms with Gasteiger partial charge in [-0.15, -0.1) is 0 Å². The van der Waals surface area contributed by atoms with E-state index in [1.54, 1.807) is 43.3 Å². The van der Waals surface area contributed by atoms with Crippen molar-refractivity contribution in [1.29, 1.82) is 0 Å². The van der Waals surface area contributed by atoms with Gasteiger partial charge >= 0.3 is 0 Å². The molecule has 0 fully saturated rings. The maximum Gasteiger partial charge on any atom is 0.264 e. The Morgan fingerprint density at radius 3 is 2.14 bits per heavy atom. The number of nitrogens with zero attached hydrogens (tertiary/aromatic N) is 2. The van der Waals surface area contributed by atoms with Gasteiger partial charge in [0.2, 0.25) is 11.8 Å². The lowest BCUT2D eigenvalue weighted by molar-refractivity contribution is -0.140. The summed E-state index contributed by atoms with van der Waals surface area (Å²) in [5.41, 5.74) is 2.16. The van der Waals surface area contributed by atoms with Crippen LogP contribution < -0.4 is 14.4 Å². The van der Waals surface area contributed by atoms with E-state index in [0.717, 1.165) is 15.4 Å². The Labute approximate surface area is 258 Å². The molecule has 0 bridgehead atoms. The van der Waals surface area contributed by atoms with Crippen molar-refractivity contribution in [3.05, 3.63) is 126 Å². The highest BCUT2D eigenvalue weighted by molar-refractivity contribution is 7.92. The summed E-state index contributed by atoms with van der Waals surface area (Å²) < 4.78 is 49.3. The lowest BCUT2D eigenvalue weighted by Gasteiger charge is -2.34. The van der Waals surface area contributed by atoms with Crippen LogP contribution in [0.25, 0.3) is 0 Å². The fraction of sp³-hybridized carbons (Fsp3) is 0.235. The maximum atomic E-state index is 14.9. The maximum absolute atomic E-state index is 14.9. The molecule has 0 spiro atoms. The second kappa shape index (κ2) is 14.7. The Morgan fingerprint density at radius 1 is 0.886 bits per heavy atom. The van der Waals surface area contributed by atoms with Crippen LogP contribution in [0.2, 0.25) is 0 Å². The number of ether oxygens (including phenoxy) is 1. The van der Waals surface area contributed by atoms with Crippen LogP contribution in [0.5, 0.6) is 5.75 Å². The van der Waals surface area contributed by atoms with Crippen LogP contribution in [-0.4, -0.2) is 51.4 Å². The van der Waals surface area contributed by atoms with Crippen molar-refractivity contribution in [2.45, 2.75) is 37.8 Å². The number of halogens is 1. The van der Waals surface area contributed by atoms with E-state index in [9.17, 15) is 22.4 Å². The molecule has 0 saturated heterocycles. The van der Waals surface area contributed by atoms with Gasteiger partial charge in [-0.05, 0) is 61.9 Å². The number of methoxy groups -OCH3 is 1. The molecular weight excluding hydrogens is 581 g/mol. The second-order valence-corrected chi connectivity index (χ2v) is 12.1. The van der Waals surface area contributed by atoms with Gasteiger partial charge < -0.3 is 15.0 Å². The van der Waals surface area contributed by atoms with Crippen molar-refractivity contribution in [2.75, 3.05) is 24.5 Å². The van der Waals surface area contributed by atoms with Crippen LogP contribution in [0, 0.1) is 12.7 Å². The standard InChI is InChI=1S/C34H36FN3O5S/c1-4-36-34(40)32(22-26-10-6-5-7-11-26)37(23-27-12-8-9-13-31(27)35)33(39)24-38(28-16-14-25(2)15-17-28)44(41,42)30-20-18-29(43-3)19-21-30/h5-21,32H,4,22-24H2,1-3H3,(H,36,40)/t32-/m1/s1. The highest BCUT2D eigenvalue weighted by atomic mass is 32.2. The number of hydrogen-bond donors (Lipinski definition) is 1. The summed E-state index contributed by atoms with van der Waals surface area (Å²) in [5, 5.41) is 2.79. The molecule has 4 rings (SSSR count). The highest BCUT2D eigenvalue weighted by Crippen LogP contribution is 2.27. The Morgan fingerprint density at radius 2 is 1.52 bits per heavy atom. The quantitative estimate of drug-likeness (QED) is 0.225. The zero-order chi connectivity index (χ0) is 31.7. The summed E-state index contributed by atoms with van der Waals surface area (Å²) in [6.07, 6.45) is 0.141. The third kappa shape index (κ3) is 7.82. The minimum Gasteiger partial charge on any atom is -0.497 e. The topological polar surface area (TPSA) is 96.0 Å². The van der Waals surface area contributed by atoms with Crippen molar-refractivity contribution in [3.63, 3.8) is 0 Å². The molecule has 4 aromatic carbocycles. The van der Waals surface area contributed by atoms with Gasteiger partial charge in [-0.2, -0.15) is 0 Å². The number of rotatable bonds is 13. The first-order valence-corrected chi connectivity index (χ1v) is 15.7. The monoisotopic (exact) mass is 617 g/mol. The number of carbonyl (C=O) groups excluding carboxylic acids is 2. The molecule has 2 amide bonds. The summed E-state index contributed by atoms with van der Waals surface area (Å²) >= 11 is 0. The van der Waals surface area contributed by atoms with Gasteiger partial charge in [0.25, 0.3) is 10.0 Å². The molecule has 0 aliphatic heterocycles. The number of anilines is 1. The van der Waals surface area contributed by atoms with Gasteiger partial charge in [-0.3, -0.25) is 13.9 Å². The summed E-state index contributed by atoms with van der Waals surface area (Å²) in [5.74, 6) is -1.16. The molecule has 4 aromatic rings. The van der Waals surface area contributed by atoms with Crippen LogP contribution in [0.3, 0.4) is 0 Å². The normalized spacial score (nSPS) is 11.8. The first kappa shape index (κ1) is 32.2. The van der Waals surface area contributed by atoms with E-state index in [4.69, 9.17) is 4.74 Å². The summed E-state index contributed by atoms with van der Waals surface area (Å²) in [6.45, 7) is 3.07. The number of hydrogen-bond acceptors (Lipinski definition) is 5. The molecule has 0 heterocycles. The number of likely N-dealkylation sites (N-methyl/N-ethyl adjacent to an activating group) is 1. The highest BCUT2D eigenvalue weighted by Gasteiger charge is 2.34. The molecule has 10 heteroatoms. The number of amides is 2. The molecule has 1 N–H and O–H groups in total. The lowest BCUT2D eigenvalue weighted by atomic mass is 10.0. The molecule has 0 radical (unpaired) electrons. The van der Waals surface area contributed by atoms with Gasteiger partial charge in [-0.25, -0.2) is 12.8 Å². The molecule has 0 aromatic heterocycles. The Bertz CT molecular complexity index is 1660. The zero-order valence-corrected chi connectivity index (χ0v) is 25.8. The van der Waals surface area contributed by atoms with E-state index in [-0.39, 0.29) is 29.1 Å². The minimum absolute atomic E-state index is 0.0445. The van der Waals surface area contributed by atoms with E-state index in [1.807, 2.05) is 37.3 Å². The smallest absolute Gasteiger partial charge is 0.264 e. The largest absolute Gasteiger partial charge is 0.497 e. The number of sulfonamides is 1. The van der Waals surface area contributed by atoms with Crippen LogP contribution in [0.15, 0.2) is 108 Å². The number of aryl methyl sites for hydroxylation is 1. The Kier molecular flexibility index (Phi) is 10.7. The average molecular weight is 618 g/mol. The first-order chi connectivity index (χ1) is 21.1. The van der Waals surface area contributed by atoms with Gasteiger partial charge in [0.1, 0.15) is 24.2 Å². The predicted octanol–water partition coefficient (Wildman–Crippen LogP) is 5.11. The fourth-order valence-corrected chi connectivity index (χ4v) is 6.18. The van der Waals surface area contributed by atoms with Gasteiger partial charge in [0.15, 0.2) is 0 Å². The molecule has 8 nitrogen and oxygen atoms in total. The molecule has 0 unspecified atom stereocenters. The third-order valence-electron chi connectivity index (χ3n) is 7.17. The number of nitrogens with one attached hydrogen (secondary N) is 1. The lowest BCUT2D eigenvalue weighted by Crippen LogP contribution is -2.53. The van der Waals surface area contributed by atoms with E-state index in [2.05, 4.69) is 5.32 Å². The molecule has 230 valence electrons. The van der Waals surface area contributed by atoms with E-state index in [0.29, 0.717) is 12.3 Å². The molecule has 0 saturated carbocycles. The summed E-state index contributed by atoms with van der Waals surface area (Å²) in [4.78, 5) is 29.0. The Balaban J connectivity index is 1.80. The summed E-state index contributed by atoms with van der Waals surface area (Å²) in [6, 6.07) is 26.7. The van der Waals surface area contributed by atoms with E-state index >= 15 is 0 Å². The van der Waals surface area contributed by atoms with Crippen LogP contribution in [0.4, 0.5) is 10.1 Å². The van der Waals surface area contributed by atoms with Crippen LogP contribution in [-0.2, 0) is 32.6 Å². The average Bonchev–Trinajstić information content (AvgIpc) is 3.03. The van der Waals surface area contributed by atoms with Crippen molar-refractivity contribution in [2.24, 2.45) is 0 Å². The molecule has 0 aliphatic rings. The number of carbonyl (C=O) groups is 2. The fourth-order valence-electron chi connectivity index (χ4n) is 4.77. The van der Waals surface area contributed by atoms with E-state index < -0.39 is 40.2 Å². The van der Waals surface area contributed by atoms with Crippen molar-refractivity contribution < 1.29 is 27.1 Å². The molecular formula is C34H36FN3O5S. The van der Waals surface area contributed by atoms with Crippen molar-refractivity contribution in [3.8, 4) is 5.75 Å². The Hall–Kier alpha value is -4.70. The molecule has 1 atom stereocenters. The minimum atomic E-state index is -4.26. The van der Waals surface area contributed by atoms with Gasteiger partial charge in [0, 0.05) is 25.1 Å². The first-order valence-electron chi connectivity index (χ1n) is 14.2. The number of benzene rings is 4. The molecule has 44 heavy (non-hydrogen) atoms. The predicted molar refractivity (Wildman–Crippen MR) is 168 cm³/mol. The van der Waals surface area contributed by atoms with Crippen molar-refractivity contribution >= 4 is 27.5 Å². The SMILES string of the molecule is CCNC(=O)[C@@H](Cc1ccccc1)N(Cc1ccccc1F)C(=O)CN(c1ccc(C)cc1)S(=O)(=O)c1ccc(OC)cc1. The van der Waals surface area contributed by atoms with Crippen molar-refractivity contribution in [1.82, 2.24) is 10.2 Å². The second-order valence-electron chi connectivity index (χ2n) is 10.2. The van der Waals surface area contributed by atoms with Gasteiger partial charge in [-0.1, -0.05) is 66.2 Å². The van der Waals surface area contributed by atoms with E-state index in [1.165, 1.54) is 48.4 Å².